The molecule has 1 aliphatic carbocycles. The van der Waals surface area contributed by atoms with Crippen LogP contribution in [0.2, 0.25) is 0 Å². The fraction of sp³-hybridized carbons (Fsp3) is 0.818. The first-order valence-electron chi connectivity index (χ1n) is 5.46. The van der Waals surface area contributed by atoms with Gasteiger partial charge in [-0.1, -0.05) is 6.42 Å². The van der Waals surface area contributed by atoms with E-state index in [0.29, 0.717) is 12.8 Å². The van der Waals surface area contributed by atoms with E-state index >= 15 is 0 Å². The van der Waals surface area contributed by atoms with Gasteiger partial charge >= 0.3 is 0 Å². The van der Waals surface area contributed by atoms with Gasteiger partial charge < -0.3 is 4.90 Å². The maximum absolute atomic E-state index is 11.6. The molecule has 0 aromatic carbocycles. The van der Waals surface area contributed by atoms with E-state index < -0.39 is 0 Å². The van der Waals surface area contributed by atoms with Gasteiger partial charge in [0.05, 0.1) is 6.07 Å². The smallest absolute Gasteiger partial charge is 0.223 e. The molecule has 2 aliphatic rings. The summed E-state index contributed by atoms with van der Waals surface area (Å²) in [5.41, 5.74) is 0. The largest absolute Gasteiger partial charge is 0.342 e. The monoisotopic (exact) mass is 192 g/mol. The summed E-state index contributed by atoms with van der Waals surface area (Å²) in [6, 6.07) is 2.02. The summed E-state index contributed by atoms with van der Waals surface area (Å²) in [7, 11) is 0. The summed E-state index contributed by atoms with van der Waals surface area (Å²) in [6.07, 6.45) is 4.72. The molecule has 0 aromatic heterocycles. The highest BCUT2D eigenvalue weighted by atomic mass is 16.2. The zero-order valence-corrected chi connectivity index (χ0v) is 8.41. The summed E-state index contributed by atoms with van der Waals surface area (Å²) in [5.74, 6) is 1.71. The van der Waals surface area contributed by atoms with Crippen LogP contribution in [0.1, 0.15) is 32.1 Å². The fourth-order valence-corrected chi connectivity index (χ4v) is 2.76. The highest BCUT2D eigenvalue weighted by Gasteiger charge is 2.37. The molecule has 3 nitrogen and oxygen atoms in total. The second kappa shape index (κ2) is 4.00. The van der Waals surface area contributed by atoms with Crippen molar-refractivity contribution in [3.05, 3.63) is 0 Å². The van der Waals surface area contributed by atoms with Crippen LogP contribution in [0, 0.1) is 23.2 Å². The van der Waals surface area contributed by atoms with Gasteiger partial charge in [-0.25, -0.2) is 0 Å². The molecule has 1 amide bonds. The molecule has 0 N–H and O–H groups in total. The second-order valence-electron chi connectivity index (χ2n) is 4.41. The SMILES string of the molecule is N#CCCC(=O)N1C[C@H]2CCC[C@H]2C1. The molecule has 1 saturated heterocycles. The molecule has 2 atom stereocenters. The maximum Gasteiger partial charge on any atom is 0.223 e. The molecule has 1 heterocycles. The van der Waals surface area contributed by atoms with Crippen LogP contribution < -0.4 is 0 Å². The number of carbonyl (C=O) groups is 1. The zero-order chi connectivity index (χ0) is 9.97. The van der Waals surface area contributed by atoms with Crippen LogP contribution in [0.4, 0.5) is 0 Å². The van der Waals surface area contributed by atoms with Gasteiger partial charge in [0.15, 0.2) is 0 Å². The van der Waals surface area contributed by atoms with E-state index in [0.717, 1.165) is 24.9 Å². The van der Waals surface area contributed by atoms with Crippen LogP contribution in [0.5, 0.6) is 0 Å². The van der Waals surface area contributed by atoms with Crippen LogP contribution in [0.25, 0.3) is 0 Å². The van der Waals surface area contributed by atoms with E-state index in [-0.39, 0.29) is 5.91 Å². The molecule has 0 bridgehead atoms. The van der Waals surface area contributed by atoms with E-state index in [1.807, 2.05) is 11.0 Å². The first kappa shape index (κ1) is 9.51. The van der Waals surface area contributed by atoms with Crippen molar-refractivity contribution in [3.8, 4) is 6.07 Å². The van der Waals surface area contributed by atoms with Crippen molar-refractivity contribution in [2.24, 2.45) is 11.8 Å². The fourth-order valence-electron chi connectivity index (χ4n) is 2.76. The van der Waals surface area contributed by atoms with E-state index in [1.54, 1.807) is 0 Å². The summed E-state index contributed by atoms with van der Waals surface area (Å²) >= 11 is 0. The van der Waals surface area contributed by atoms with Crippen LogP contribution in [0.15, 0.2) is 0 Å². The minimum atomic E-state index is 0.181. The maximum atomic E-state index is 11.6. The first-order chi connectivity index (χ1) is 6.81. The Morgan fingerprint density at radius 3 is 2.57 bits per heavy atom. The van der Waals surface area contributed by atoms with Crippen LogP contribution in [-0.2, 0) is 4.79 Å². The Labute approximate surface area is 84.7 Å². The lowest BCUT2D eigenvalue weighted by atomic mass is 10.0. The predicted molar refractivity (Wildman–Crippen MR) is 52.3 cm³/mol. The summed E-state index contributed by atoms with van der Waals surface area (Å²) in [4.78, 5) is 13.6. The van der Waals surface area contributed by atoms with Crippen LogP contribution in [0.3, 0.4) is 0 Å². The molecule has 14 heavy (non-hydrogen) atoms. The number of carbonyl (C=O) groups excluding carboxylic acids is 1. The third kappa shape index (κ3) is 1.75. The number of hydrogen-bond donors (Lipinski definition) is 0. The Morgan fingerprint density at radius 2 is 2.00 bits per heavy atom. The quantitative estimate of drug-likeness (QED) is 0.666. The first-order valence-corrected chi connectivity index (χ1v) is 5.46. The number of rotatable bonds is 2. The Hall–Kier alpha value is -1.04. The Kier molecular flexibility index (Phi) is 2.72. The van der Waals surface area contributed by atoms with Gasteiger partial charge in [-0.15, -0.1) is 0 Å². The van der Waals surface area contributed by atoms with Crippen molar-refractivity contribution in [2.45, 2.75) is 32.1 Å². The van der Waals surface area contributed by atoms with Crippen molar-refractivity contribution >= 4 is 5.91 Å². The van der Waals surface area contributed by atoms with Crippen molar-refractivity contribution in [2.75, 3.05) is 13.1 Å². The number of hydrogen-bond acceptors (Lipinski definition) is 2. The molecular formula is C11H16N2O. The van der Waals surface area contributed by atoms with Gasteiger partial charge in [-0.3, -0.25) is 4.79 Å². The van der Waals surface area contributed by atoms with Gasteiger partial charge in [0.2, 0.25) is 5.91 Å². The summed E-state index contributed by atoms with van der Waals surface area (Å²) in [5, 5.41) is 8.40. The molecule has 0 unspecified atom stereocenters. The number of likely N-dealkylation sites (tertiary alicyclic amines) is 1. The molecular weight excluding hydrogens is 176 g/mol. The molecule has 1 aliphatic heterocycles. The standard InChI is InChI=1S/C11H16N2O/c12-6-2-5-11(14)13-7-9-3-1-4-10(9)8-13/h9-10H,1-5,7-8H2/t9-,10+. The topological polar surface area (TPSA) is 44.1 Å². The number of nitriles is 1. The minimum absolute atomic E-state index is 0.181. The molecule has 0 spiro atoms. The van der Waals surface area contributed by atoms with Gasteiger partial charge in [0, 0.05) is 25.9 Å². The zero-order valence-electron chi connectivity index (χ0n) is 8.41. The van der Waals surface area contributed by atoms with Gasteiger partial charge in [0.1, 0.15) is 0 Å². The van der Waals surface area contributed by atoms with Gasteiger partial charge in [0.25, 0.3) is 0 Å². The molecule has 2 fully saturated rings. The molecule has 0 aromatic rings. The molecule has 0 radical (unpaired) electrons. The van der Waals surface area contributed by atoms with E-state index in [2.05, 4.69) is 0 Å². The van der Waals surface area contributed by atoms with E-state index in [1.165, 1.54) is 19.3 Å². The molecule has 76 valence electrons. The third-order valence-electron chi connectivity index (χ3n) is 3.53. The van der Waals surface area contributed by atoms with Crippen molar-refractivity contribution in [1.29, 1.82) is 5.26 Å². The average Bonchev–Trinajstić information content (AvgIpc) is 2.72. The Morgan fingerprint density at radius 1 is 1.36 bits per heavy atom. The number of fused-ring (bicyclic) bond motifs is 1. The van der Waals surface area contributed by atoms with Crippen molar-refractivity contribution in [1.82, 2.24) is 4.90 Å². The lowest BCUT2D eigenvalue weighted by Crippen LogP contribution is -2.29. The van der Waals surface area contributed by atoms with Crippen LogP contribution in [-0.4, -0.2) is 23.9 Å². The predicted octanol–water partition coefficient (Wildman–Crippen LogP) is 1.55. The average molecular weight is 192 g/mol. The summed E-state index contributed by atoms with van der Waals surface area (Å²) < 4.78 is 0. The number of amides is 1. The van der Waals surface area contributed by atoms with E-state index in [4.69, 9.17) is 5.26 Å². The highest BCUT2D eigenvalue weighted by molar-refractivity contribution is 5.76. The normalized spacial score (nSPS) is 30.1. The van der Waals surface area contributed by atoms with Crippen LogP contribution >= 0.6 is 0 Å². The summed E-state index contributed by atoms with van der Waals surface area (Å²) in [6.45, 7) is 1.91. The molecule has 1 saturated carbocycles. The Bertz CT molecular complexity index is 257. The lowest BCUT2D eigenvalue weighted by Gasteiger charge is -2.16. The Balaban J connectivity index is 1.84. The van der Waals surface area contributed by atoms with E-state index in [9.17, 15) is 4.79 Å². The molecule has 3 heteroatoms. The van der Waals surface area contributed by atoms with Crippen molar-refractivity contribution < 1.29 is 4.79 Å². The third-order valence-corrected chi connectivity index (χ3v) is 3.53. The molecule has 2 rings (SSSR count). The number of nitrogens with zero attached hydrogens (tertiary/aromatic N) is 2. The highest BCUT2D eigenvalue weighted by Crippen LogP contribution is 2.37. The van der Waals surface area contributed by atoms with Gasteiger partial charge in [-0.05, 0) is 24.7 Å². The van der Waals surface area contributed by atoms with Gasteiger partial charge in [-0.2, -0.15) is 5.26 Å². The van der Waals surface area contributed by atoms with Crippen molar-refractivity contribution in [3.63, 3.8) is 0 Å². The second-order valence-corrected chi connectivity index (χ2v) is 4.41. The lowest BCUT2D eigenvalue weighted by molar-refractivity contribution is -0.130. The minimum Gasteiger partial charge on any atom is -0.342 e.